The van der Waals surface area contributed by atoms with Crippen molar-refractivity contribution in [1.82, 2.24) is 9.97 Å². The van der Waals surface area contributed by atoms with E-state index in [0.717, 1.165) is 42.7 Å². The number of ketones is 1. The van der Waals surface area contributed by atoms with Crippen LogP contribution in [0.2, 0.25) is 0 Å². The molecule has 176 valence electrons. The van der Waals surface area contributed by atoms with Crippen molar-refractivity contribution in [3.8, 4) is 5.75 Å². The zero-order valence-corrected chi connectivity index (χ0v) is 20.7. The molecule has 6 nitrogen and oxygen atoms in total. The molecule has 2 heterocycles. The number of carbonyl (C=O) groups is 1. The fourth-order valence-electron chi connectivity index (χ4n) is 4.80. The van der Waals surface area contributed by atoms with Crippen molar-refractivity contribution in [1.29, 1.82) is 0 Å². The number of hydrogen-bond acceptors (Lipinski definition) is 6. The Bertz CT molecular complexity index is 1140. The monoisotopic (exact) mass is 467 g/mol. The van der Waals surface area contributed by atoms with Crippen molar-refractivity contribution in [3.05, 3.63) is 57.0 Å². The van der Waals surface area contributed by atoms with E-state index in [1.807, 2.05) is 31.2 Å². The summed E-state index contributed by atoms with van der Waals surface area (Å²) in [5.74, 6) is 1.73. The van der Waals surface area contributed by atoms with E-state index in [1.165, 1.54) is 0 Å². The standard InChI is InChI=1S/C26H33N3O3S/c1-5-7-10-13-33-25-28-23-22(24(31)29-25)20(16-11-8-9-12-19(16)32-6-2)21-17(27-23)14-26(3,4)15-18(21)30/h8-9,11-12,20H,5-7,10,13-15H2,1-4H3,(H2,27,28,29,31). The maximum atomic E-state index is 13.4. The highest BCUT2D eigenvalue weighted by Crippen LogP contribution is 2.49. The minimum absolute atomic E-state index is 0.0770. The Hall–Kier alpha value is -2.54. The Kier molecular flexibility index (Phi) is 6.98. The molecular formula is C26H33N3O3S. The van der Waals surface area contributed by atoms with Gasteiger partial charge in [-0.25, -0.2) is 4.98 Å². The van der Waals surface area contributed by atoms with Crippen LogP contribution in [0, 0.1) is 5.41 Å². The molecule has 4 rings (SSSR count). The number of thioether (sulfide) groups is 1. The lowest BCUT2D eigenvalue weighted by Gasteiger charge is -2.38. The van der Waals surface area contributed by atoms with Gasteiger partial charge in [0.2, 0.25) is 0 Å². The number of aromatic amines is 1. The van der Waals surface area contributed by atoms with Crippen LogP contribution in [-0.2, 0) is 4.79 Å². The third-order valence-electron chi connectivity index (χ3n) is 6.22. The van der Waals surface area contributed by atoms with Crippen LogP contribution in [0.25, 0.3) is 0 Å². The van der Waals surface area contributed by atoms with Gasteiger partial charge in [0, 0.05) is 29.0 Å². The van der Waals surface area contributed by atoms with Crippen LogP contribution < -0.4 is 15.6 Å². The van der Waals surface area contributed by atoms with Crippen molar-refractivity contribution >= 4 is 23.4 Å². The second kappa shape index (κ2) is 9.75. The fourth-order valence-corrected chi connectivity index (χ4v) is 5.66. The summed E-state index contributed by atoms with van der Waals surface area (Å²) in [6.07, 6.45) is 4.57. The van der Waals surface area contributed by atoms with Gasteiger partial charge < -0.3 is 15.0 Å². The summed E-state index contributed by atoms with van der Waals surface area (Å²) in [7, 11) is 0. The van der Waals surface area contributed by atoms with Gasteiger partial charge in [-0.1, -0.05) is 63.6 Å². The van der Waals surface area contributed by atoms with E-state index < -0.39 is 5.92 Å². The van der Waals surface area contributed by atoms with Gasteiger partial charge in [0.15, 0.2) is 10.9 Å². The third-order valence-corrected chi connectivity index (χ3v) is 7.18. The smallest absolute Gasteiger partial charge is 0.257 e. The lowest BCUT2D eigenvalue weighted by Crippen LogP contribution is -2.37. The Labute approximate surface area is 199 Å². The summed E-state index contributed by atoms with van der Waals surface area (Å²) < 4.78 is 5.91. The molecule has 0 amide bonds. The lowest BCUT2D eigenvalue weighted by atomic mass is 9.69. The molecule has 2 N–H and O–H groups in total. The number of Topliss-reactive ketones (excluding diaryl/α,β-unsaturated/α-hetero) is 1. The summed E-state index contributed by atoms with van der Waals surface area (Å²) in [6.45, 7) is 8.82. The third kappa shape index (κ3) is 4.88. The normalized spacial score (nSPS) is 19.0. The van der Waals surface area contributed by atoms with E-state index in [9.17, 15) is 9.59 Å². The van der Waals surface area contributed by atoms with Crippen molar-refractivity contribution in [2.24, 2.45) is 5.41 Å². The maximum absolute atomic E-state index is 13.4. The van der Waals surface area contributed by atoms with Gasteiger partial charge in [-0.2, -0.15) is 0 Å². The largest absolute Gasteiger partial charge is 0.494 e. The summed E-state index contributed by atoms with van der Waals surface area (Å²) >= 11 is 1.57. The number of nitrogens with one attached hydrogen (secondary N) is 2. The topological polar surface area (TPSA) is 84.1 Å². The number of anilines is 1. The molecule has 1 unspecified atom stereocenters. The van der Waals surface area contributed by atoms with Gasteiger partial charge in [0.1, 0.15) is 11.6 Å². The maximum Gasteiger partial charge on any atom is 0.257 e. The SMILES string of the molecule is CCCCCSc1nc2c(c(=O)[nH]1)C(c1ccccc1OCC)C1=C(CC(C)(C)CC1=O)N2. The number of benzene rings is 1. The number of ether oxygens (including phenoxy) is 1. The van der Waals surface area contributed by atoms with Crippen LogP contribution in [0.3, 0.4) is 0 Å². The molecule has 7 heteroatoms. The van der Waals surface area contributed by atoms with E-state index in [4.69, 9.17) is 9.72 Å². The molecule has 1 aliphatic heterocycles. The fraction of sp³-hybridized carbons (Fsp3) is 0.500. The number of carbonyl (C=O) groups excluding carboxylic acids is 1. The minimum Gasteiger partial charge on any atom is -0.494 e. The van der Waals surface area contributed by atoms with Crippen LogP contribution in [0.1, 0.15) is 76.8 Å². The Morgan fingerprint density at radius 1 is 1.15 bits per heavy atom. The molecule has 0 spiro atoms. The zero-order valence-electron chi connectivity index (χ0n) is 19.9. The Morgan fingerprint density at radius 3 is 2.70 bits per heavy atom. The van der Waals surface area contributed by atoms with Crippen molar-refractivity contribution in [2.75, 3.05) is 17.7 Å². The minimum atomic E-state index is -0.502. The highest BCUT2D eigenvalue weighted by atomic mass is 32.2. The summed E-state index contributed by atoms with van der Waals surface area (Å²) in [4.78, 5) is 34.6. The van der Waals surface area contributed by atoms with E-state index >= 15 is 0 Å². The van der Waals surface area contributed by atoms with Gasteiger partial charge in [-0.3, -0.25) is 9.59 Å². The molecule has 0 radical (unpaired) electrons. The molecule has 1 aromatic heterocycles. The Balaban J connectivity index is 1.84. The summed E-state index contributed by atoms with van der Waals surface area (Å²) in [6, 6.07) is 7.69. The van der Waals surface area contributed by atoms with Gasteiger partial charge in [-0.15, -0.1) is 0 Å². The average Bonchev–Trinajstić information content (AvgIpc) is 2.75. The van der Waals surface area contributed by atoms with Crippen molar-refractivity contribution in [2.45, 2.75) is 70.9 Å². The number of para-hydroxylation sites is 1. The van der Waals surface area contributed by atoms with E-state index in [0.29, 0.717) is 40.9 Å². The molecule has 2 aromatic rings. The molecule has 1 aromatic carbocycles. The first-order valence-electron chi connectivity index (χ1n) is 11.9. The molecule has 0 saturated heterocycles. The van der Waals surface area contributed by atoms with Gasteiger partial charge in [0.05, 0.1) is 18.1 Å². The molecule has 0 bridgehead atoms. The Morgan fingerprint density at radius 2 is 1.94 bits per heavy atom. The first kappa shape index (κ1) is 23.6. The average molecular weight is 468 g/mol. The second-order valence-electron chi connectivity index (χ2n) is 9.55. The molecule has 2 aliphatic rings. The van der Waals surface area contributed by atoms with Crippen molar-refractivity contribution in [3.63, 3.8) is 0 Å². The van der Waals surface area contributed by atoms with E-state index in [-0.39, 0.29) is 16.8 Å². The molecule has 0 saturated carbocycles. The van der Waals surface area contributed by atoms with Crippen LogP contribution in [0.4, 0.5) is 5.82 Å². The summed E-state index contributed by atoms with van der Waals surface area (Å²) in [5, 5.41) is 4.01. The van der Waals surface area contributed by atoms with Gasteiger partial charge in [0.25, 0.3) is 5.56 Å². The number of H-pyrrole nitrogens is 1. The quantitative estimate of drug-likeness (QED) is 0.296. The first-order valence-corrected chi connectivity index (χ1v) is 12.8. The summed E-state index contributed by atoms with van der Waals surface area (Å²) in [5.41, 5.74) is 2.52. The number of rotatable bonds is 8. The molecular weight excluding hydrogens is 434 g/mol. The predicted molar refractivity (Wildman–Crippen MR) is 133 cm³/mol. The molecule has 1 atom stereocenters. The van der Waals surface area contributed by atoms with Gasteiger partial charge >= 0.3 is 0 Å². The number of hydrogen-bond donors (Lipinski definition) is 2. The van der Waals surface area contributed by atoms with Crippen molar-refractivity contribution < 1.29 is 9.53 Å². The number of fused-ring (bicyclic) bond motifs is 1. The number of nitrogens with zero attached hydrogens (tertiary/aromatic N) is 1. The van der Waals surface area contributed by atoms with Gasteiger partial charge in [-0.05, 0) is 31.2 Å². The van der Waals surface area contributed by atoms with Crippen LogP contribution >= 0.6 is 11.8 Å². The van der Waals surface area contributed by atoms with E-state index in [1.54, 1.807) is 11.8 Å². The highest BCUT2D eigenvalue weighted by Gasteiger charge is 2.43. The highest BCUT2D eigenvalue weighted by molar-refractivity contribution is 7.99. The molecule has 0 fully saturated rings. The number of unbranched alkanes of at least 4 members (excludes halogenated alkanes) is 2. The predicted octanol–water partition coefficient (Wildman–Crippen LogP) is 5.65. The van der Waals surface area contributed by atoms with E-state index in [2.05, 4.69) is 31.1 Å². The number of aromatic nitrogens is 2. The van der Waals surface area contributed by atoms with Crippen LogP contribution in [0.5, 0.6) is 5.75 Å². The van der Waals surface area contributed by atoms with Crippen LogP contribution in [0.15, 0.2) is 45.5 Å². The lowest BCUT2D eigenvalue weighted by molar-refractivity contribution is -0.118. The molecule has 1 aliphatic carbocycles. The molecule has 33 heavy (non-hydrogen) atoms. The van der Waals surface area contributed by atoms with Crippen LogP contribution in [-0.4, -0.2) is 28.1 Å². The first-order chi connectivity index (χ1) is 15.8. The zero-order chi connectivity index (χ0) is 23.6. The number of allylic oxidation sites excluding steroid dienone is 2. The second-order valence-corrected chi connectivity index (χ2v) is 10.6.